The minimum Gasteiger partial charge on any atom is -0.465 e. The molecule has 26 heavy (non-hydrogen) atoms. The first-order chi connectivity index (χ1) is 12.3. The quantitative estimate of drug-likeness (QED) is 0.653. The summed E-state index contributed by atoms with van der Waals surface area (Å²) < 4.78 is 11.1. The molecule has 4 fully saturated rings. The van der Waals surface area contributed by atoms with Crippen LogP contribution in [0.5, 0.6) is 0 Å². The third kappa shape index (κ3) is 3.66. The number of hydrogen-bond acceptors (Lipinski definition) is 4. The number of rotatable bonds is 6. The Morgan fingerprint density at radius 3 is 2.04 bits per heavy atom. The molecule has 4 aliphatic carbocycles. The molecule has 0 aromatic rings. The second-order valence-corrected chi connectivity index (χ2v) is 10.3. The predicted molar refractivity (Wildman–Crippen MR) is 98.2 cm³/mol. The molecule has 4 nitrogen and oxygen atoms in total. The molecule has 0 heterocycles. The van der Waals surface area contributed by atoms with Gasteiger partial charge >= 0.3 is 11.9 Å². The molecule has 0 bridgehead atoms. The molecule has 0 N–H and O–H groups in total. The normalized spacial score (nSPS) is 44.3. The van der Waals surface area contributed by atoms with E-state index in [1.807, 2.05) is 6.92 Å². The van der Waals surface area contributed by atoms with E-state index in [2.05, 4.69) is 13.8 Å². The number of hydrogen-bond donors (Lipinski definition) is 0. The van der Waals surface area contributed by atoms with Crippen LogP contribution in [0.1, 0.15) is 78.6 Å². The van der Waals surface area contributed by atoms with E-state index in [1.165, 1.54) is 12.8 Å². The van der Waals surface area contributed by atoms with E-state index in [9.17, 15) is 9.59 Å². The third-order valence-corrected chi connectivity index (χ3v) is 8.09. The highest BCUT2D eigenvalue weighted by atomic mass is 16.6. The molecule has 4 rings (SSSR count). The summed E-state index contributed by atoms with van der Waals surface area (Å²) in [5.74, 6) is 1.54. The van der Waals surface area contributed by atoms with E-state index in [1.54, 1.807) is 0 Å². The van der Waals surface area contributed by atoms with Crippen molar-refractivity contribution < 1.29 is 19.1 Å². The van der Waals surface area contributed by atoms with Gasteiger partial charge in [-0.1, -0.05) is 13.8 Å². The van der Waals surface area contributed by atoms with Gasteiger partial charge in [0.05, 0.1) is 18.4 Å². The van der Waals surface area contributed by atoms with Gasteiger partial charge in [-0.05, 0) is 81.0 Å². The maximum Gasteiger partial charge on any atom is 0.309 e. The largest absolute Gasteiger partial charge is 0.465 e. The van der Waals surface area contributed by atoms with E-state index in [0.717, 1.165) is 50.4 Å². The van der Waals surface area contributed by atoms with Crippen LogP contribution in [0.2, 0.25) is 0 Å². The summed E-state index contributed by atoms with van der Waals surface area (Å²) in [5, 5.41) is 0. The fourth-order valence-corrected chi connectivity index (χ4v) is 5.51. The third-order valence-electron chi connectivity index (χ3n) is 8.09. The molecule has 0 aromatic heterocycles. The highest BCUT2D eigenvalue weighted by molar-refractivity contribution is 5.73. The molecule has 7 unspecified atom stereocenters. The van der Waals surface area contributed by atoms with Gasteiger partial charge in [0.2, 0.25) is 0 Å². The Labute approximate surface area is 157 Å². The van der Waals surface area contributed by atoms with Crippen LogP contribution in [0, 0.1) is 34.5 Å². The van der Waals surface area contributed by atoms with Gasteiger partial charge in [0.15, 0.2) is 0 Å². The first-order valence-electron chi connectivity index (χ1n) is 10.7. The summed E-state index contributed by atoms with van der Waals surface area (Å²) in [4.78, 5) is 24.6. The highest BCUT2D eigenvalue weighted by Gasteiger charge is 2.55. The van der Waals surface area contributed by atoms with Gasteiger partial charge in [-0.15, -0.1) is 0 Å². The fourth-order valence-electron chi connectivity index (χ4n) is 5.51. The Bertz CT molecular complexity index is 587. The Kier molecular flexibility index (Phi) is 4.60. The first kappa shape index (κ1) is 18.3. The van der Waals surface area contributed by atoms with Gasteiger partial charge in [-0.2, -0.15) is 0 Å². The Morgan fingerprint density at radius 1 is 0.962 bits per heavy atom. The standard InChI is InChI=1S/C22H34O4/c1-14(26-20(24)16-5-8-22(3)13-18(22)11-16)6-9-25-19(23)15-4-7-21(2)12-17(21)10-15/h14-18H,4-13H2,1-3H3. The van der Waals surface area contributed by atoms with E-state index < -0.39 is 0 Å². The topological polar surface area (TPSA) is 52.6 Å². The lowest BCUT2D eigenvalue weighted by Gasteiger charge is -2.26. The lowest BCUT2D eigenvalue weighted by molar-refractivity contribution is -0.157. The van der Waals surface area contributed by atoms with Crippen LogP contribution in [-0.2, 0) is 19.1 Å². The molecule has 0 saturated heterocycles. The van der Waals surface area contributed by atoms with Gasteiger partial charge < -0.3 is 9.47 Å². The van der Waals surface area contributed by atoms with Crippen molar-refractivity contribution >= 4 is 11.9 Å². The molecule has 0 spiro atoms. The van der Waals surface area contributed by atoms with E-state index in [0.29, 0.717) is 23.9 Å². The first-order valence-corrected chi connectivity index (χ1v) is 10.7. The second kappa shape index (κ2) is 6.53. The summed E-state index contributed by atoms with van der Waals surface area (Å²) in [5.41, 5.74) is 1.05. The van der Waals surface area contributed by atoms with Crippen molar-refractivity contribution in [2.75, 3.05) is 6.61 Å². The predicted octanol–water partition coefficient (Wildman–Crippen LogP) is 4.50. The maximum absolute atomic E-state index is 12.4. The molecule has 4 aliphatic rings. The average molecular weight is 363 g/mol. The summed E-state index contributed by atoms with van der Waals surface area (Å²) in [6.07, 6.45) is 9.24. The molecular weight excluding hydrogens is 328 g/mol. The maximum atomic E-state index is 12.4. The molecule has 0 aromatic carbocycles. The molecule has 146 valence electrons. The van der Waals surface area contributed by atoms with E-state index >= 15 is 0 Å². The lowest BCUT2D eigenvalue weighted by atomic mass is 9.83. The Morgan fingerprint density at radius 2 is 1.50 bits per heavy atom. The van der Waals surface area contributed by atoms with Crippen molar-refractivity contribution in [2.45, 2.75) is 84.7 Å². The number of esters is 2. The molecule has 0 amide bonds. The zero-order valence-corrected chi connectivity index (χ0v) is 16.6. The number of ether oxygens (including phenoxy) is 2. The van der Waals surface area contributed by atoms with Crippen molar-refractivity contribution in [3.63, 3.8) is 0 Å². The van der Waals surface area contributed by atoms with Gasteiger partial charge in [0.25, 0.3) is 0 Å². The van der Waals surface area contributed by atoms with Gasteiger partial charge in [-0.25, -0.2) is 0 Å². The molecule has 4 saturated carbocycles. The Balaban J connectivity index is 1.12. The average Bonchev–Trinajstić information content (AvgIpc) is 3.45. The van der Waals surface area contributed by atoms with Crippen LogP contribution in [0.25, 0.3) is 0 Å². The summed E-state index contributed by atoms with van der Waals surface area (Å²) in [6, 6.07) is 0. The monoisotopic (exact) mass is 362 g/mol. The SMILES string of the molecule is CC(CCOC(=O)C1CCC2(C)CC2C1)OC(=O)C1CCC2(C)CC2C1. The van der Waals surface area contributed by atoms with Gasteiger partial charge in [0.1, 0.15) is 6.10 Å². The van der Waals surface area contributed by atoms with Crippen LogP contribution in [0.15, 0.2) is 0 Å². The lowest BCUT2D eigenvalue weighted by Crippen LogP contribution is -2.28. The summed E-state index contributed by atoms with van der Waals surface area (Å²) in [6.45, 7) is 6.95. The molecule has 7 atom stereocenters. The highest BCUT2D eigenvalue weighted by Crippen LogP contribution is 2.63. The fraction of sp³-hybridized carbons (Fsp3) is 0.909. The van der Waals surface area contributed by atoms with Crippen molar-refractivity contribution in [3.05, 3.63) is 0 Å². The zero-order chi connectivity index (χ0) is 18.5. The van der Waals surface area contributed by atoms with Crippen molar-refractivity contribution in [1.29, 1.82) is 0 Å². The minimum atomic E-state index is -0.180. The van der Waals surface area contributed by atoms with Crippen LogP contribution >= 0.6 is 0 Å². The molecule has 4 heteroatoms. The van der Waals surface area contributed by atoms with Crippen LogP contribution in [-0.4, -0.2) is 24.6 Å². The molecule has 0 aliphatic heterocycles. The second-order valence-electron chi connectivity index (χ2n) is 10.3. The smallest absolute Gasteiger partial charge is 0.309 e. The Hall–Kier alpha value is -1.06. The molecule has 0 radical (unpaired) electrons. The van der Waals surface area contributed by atoms with Gasteiger partial charge in [0, 0.05) is 6.42 Å². The summed E-state index contributed by atoms with van der Waals surface area (Å²) in [7, 11) is 0. The van der Waals surface area contributed by atoms with Crippen molar-refractivity contribution in [1.82, 2.24) is 0 Å². The molecular formula is C22H34O4. The number of carbonyl (C=O) groups excluding carboxylic acids is 2. The van der Waals surface area contributed by atoms with E-state index in [-0.39, 0.29) is 29.9 Å². The minimum absolute atomic E-state index is 0.0434. The van der Waals surface area contributed by atoms with Crippen molar-refractivity contribution in [2.24, 2.45) is 34.5 Å². The number of carbonyl (C=O) groups is 2. The summed E-state index contributed by atoms with van der Waals surface area (Å²) >= 11 is 0. The zero-order valence-electron chi connectivity index (χ0n) is 16.6. The van der Waals surface area contributed by atoms with Crippen LogP contribution < -0.4 is 0 Å². The van der Waals surface area contributed by atoms with Crippen LogP contribution in [0.3, 0.4) is 0 Å². The van der Waals surface area contributed by atoms with Gasteiger partial charge in [-0.3, -0.25) is 9.59 Å². The number of fused-ring (bicyclic) bond motifs is 2. The van der Waals surface area contributed by atoms with Crippen LogP contribution in [0.4, 0.5) is 0 Å². The van der Waals surface area contributed by atoms with E-state index in [4.69, 9.17) is 9.47 Å². The van der Waals surface area contributed by atoms with Crippen molar-refractivity contribution in [3.8, 4) is 0 Å².